The molecule has 1 aliphatic carbocycles. The molecule has 0 saturated carbocycles. The van der Waals surface area contributed by atoms with E-state index in [0.29, 0.717) is 36.1 Å². The van der Waals surface area contributed by atoms with Crippen LogP contribution in [0.2, 0.25) is 0 Å². The number of nitrogens with zero attached hydrogens (tertiary/aromatic N) is 2. The summed E-state index contributed by atoms with van der Waals surface area (Å²) in [4.78, 5) is 4.70. The van der Waals surface area contributed by atoms with E-state index < -0.39 is 0 Å². The van der Waals surface area contributed by atoms with Gasteiger partial charge >= 0.3 is 0 Å². The van der Waals surface area contributed by atoms with Crippen LogP contribution in [0.5, 0.6) is 23.0 Å². The highest BCUT2D eigenvalue weighted by Gasteiger charge is 2.26. The number of hydrogen-bond acceptors (Lipinski definition) is 6. The number of methoxy groups -OCH3 is 2. The van der Waals surface area contributed by atoms with Gasteiger partial charge in [-0.05, 0) is 111 Å². The predicted molar refractivity (Wildman–Crippen MR) is 166 cm³/mol. The summed E-state index contributed by atoms with van der Waals surface area (Å²) in [5.41, 5.74) is 5.63. The maximum Gasteiger partial charge on any atom is 0.165 e. The Morgan fingerprint density at radius 1 is 0.905 bits per heavy atom. The van der Waals surface area contributed by atoms with Gasteiger partial charge in [0.25, 0.3) is 0 Å². The third-order valence-corrected chi connectivity index (χ3v) is 8.85. The van der Waals surface area contributed by atoms with Crippen molar-refractivity contribution < 1.29 is 23.7 Å². The van der Waals surface area contributed by atoms with Crippen LogP contribution >= 0.6 is 0 Å². The lowest BCUT2D eigenvalue weighted by Gasteiger charge is -2.32. The lowest BCUT2D eigenvalue weighted by atomic mass is 9.79. The van der Waals surface area contributed by atoms with Crippen LogP contribution < -0.4 is 19.1 Å². The molecule has 1 aliphatic heterocycles. The zero-order chi connectivity index (χ0) is 29.5. The quantitative estimate of drug-likeness (QED) is 0.263. The molecule has 42 heavy (non-hydrogen) atoms. The van der Waals surface area contributed by atoms with Crippen molar-refractivity contribution in [3.05, 3.63) is 76.6 Å². The predicted octanol–water partition coefficient (Wildman–Crippen LogP) is 7.10. The van der Waals surface area contributed by atoms with E-state index in [2.05, 4.69) is 28.9 Å². The van der Waals surface area contributed by atoms with Crippen molar-refractivity contribution in [3.63, 3.8) is 0 Å². The number of anilines is 1. The van der Waals surface area contributed by atoms with Gasteiger partial charge in [0.05, 0.1) is 14.2 Å². The molecule has 0 radical (unpaired) electrons. The van der Waals surface area contributed by atoms with Crippen LogP contribution in [-0.2, 0) is 19.4 Å². The van der Waals surface area contributed by atoms with Gasteiger partial charge in [0.2, 0.25) is 0 Å². The second-order valence-electron chi connectivity index (χ2n) is 11.5. The van der Waals surface area contributed by atoms with E-state index in [1.165, 1.54) is 42.4 Å². The van der Waals surface area contributed by atoms with Crippen LogP contribution in [0, 0.1) is 5.82 Å². The Morgan fingerprint density at radius 3 is 2.38 bits per heavy atom. The van der Waals surface area contributed by atoms with Crippen molar-refractivity contribution in [1.29, 1.82) is 0 Å². The number of likely N-dealkylation sites (tertiary alicyclic amines) is 1. The van der Waals surface area contributed by atoms with E-state index in [1.54, 1.807) is 32.4 Å². The molecule has 0 bridgehead atoms. The lowest BCUT2D eigenvalue weighted by molar-refractivity contribution is 0.209. The van der Waals surface area contributed by atoms with Gasteiger partial charge in [-0.2, -0.15) is 0 Å². The Kier molecular flexibility index (Phi) is 10.1. The summed E-state index contributed by atoms with van der Waals surface area (Å²) in [6.07, 6.45) is 7.82. The minimum Gasteiger partial charge on any atom is -0.508 e. The molecule has 1 atom stereocenters. The van der Waals surface area contributed by atoms with Gasteiger partial charge in [0.15, 0.2) is 23.1 Å². The SMILES string of the molecule is CCN(Cc1ccc(OCCN2CCCCCC2)c(F)c1)c1cc(OC)c(OC)cc1C1CCc2cc(O)ccc2C1. The van der Waals surface area contributed by atoms with Crippen LogP contribution in [0.1, 0.15) is 67.2 Å². The first kappa shape index (κ1) is 30.0. The Labute approximate surface area is 250 Å². The molecule has 1 fully saturated rings. The second kappa shape index (κ2) is 14.1. The van der Waals surface area contributed by atoms with Crippen molar-refractivity contribution in [2.75, 3.05) is 51.9 Å². The first-order chi connectivity index (χ1) is 20.5. The number of benzene rings is 3. The van der Waals surface area contributed by atoms with Crippen molar-refractivity contribution >= 4 is 5.69 Å². The Morgan fingerprint density at radius 2 is 1.67 bits per heavy atom. The van der Waals surface area contributed by atoms with Gasteiger partial charge in [-0.3, -0.25) is 4.90 Å². The zero-order valence-corrected chi connectivity index (χ0v) is 25.3. The molecule has 1 heterocycles. The topological polar surface area (TPSA) is 54.4 Å². The van der Waals surface area contributed by atoms with Gasteiger partial charge in [-0.1, -0.05) is 25.0 Å². The summed E-state index contributed by atoms with van der Waals surface area (Å²) < 4.78 is 32.4. The second-order valence-corrected chi connectivity index (χ2v) is 11.5. The molecule has 0 amide bonds. The third kappa shape index (κ3) is 7.12. The average molecular weight is 577 g/mol. The Balaban J connectivity index is 1.34. The molecule has 7 heteroatoms. The summed E-state index contributed by atoms with van der Waals surface area (Å²) >= 11 is 0. The third-order valence-electron chi connectivity index (χ3n) is 8.85. The highest BCUT2D eigenvalue weighted by molar-refractivity contribution is 5.64. The smallest absolute Gasteiger partial charge is 0.165 e. The Bertz CT molecular complexity index is 1340. The average Bonchev–Trinajstić information content (AvgIpc) is 3.29. The summed E-state index contributed by atoms with van der Waals surface area (Å²) in [5, 5.41) is 9.96. The van der Waals surface area contributed by atoms with Crippen LogP contribution in [0.4, 0.5) is 10.1 Å². The molecule has 1 N–H and O–H groups in total. The summed E-state index contributed by atoms with van der Waals surface area (Å²) in [6, 6.07) is 15.2. The number of fused-ring (bicyclic) bond motifs is 1. The molecule has 5 rings (SSSR count). The van der Waals surface area contributed by atoms with Gasteiger partial charge < -0.3 is 24.2 Å². The van der Waals surface area contributed by atoms with E-state index >= 15 is 4.39 Å². The van der Waals surface area contributed by atoms with Crippen LogP contribution in [0.25, 0.3) is 0 Å². The van der Waals surface area contributed by atoms with Gasteiger partial charge in [-0.15, -0.1) is 0 Å². The monoisotopic (exact) mass is 576 g/mol. The molecule has 226 valence electrons. The van der Waals surface area contributed by atoms with E-state index in [4.69, 9.17) is 14.2 Å². The van der Waals surface area contributed by atoms with E-state index in [9.17, 15) is 5.11 Å². The van der Waals surface area contributed by atoms with Crippen molar-refractivity contribution in [1.82, 2.24) is 4.90 Å². The van der Waals surface area contributed by atoms with Crippen molar-refractivity contribution in [2.45, 2.75) is 64.3 Å². The van der Waals surface area contributed by atoms with Gasteiger partial charge in [0.1, 0.15) is 12.4 Å². The number of aryl methyl sites for hydroxylation is 1. The summed E-state index contributed by atoms with van der Waals surface area (Å²) in [5.74, 6) is 1.97. The highest BCUT2D eigenvalue weighted by Crippen LogP contribution is 2.43. The first-order valence-corrected chi connectivity index (χ1v) is 15.4. The van der Waals surface area contributed by atoms with Crippen LogP contribution in [0.3, 0.4) is 0 Å². The number of hydrogen-bond donors (Lipinski definition) is 1. The molecule has 1 saturated heterocycles. The molecular formula is C35H45FN2O4. The molecule has 2 aliphatic rings. The zero-order valence-electron chi connectivity index (χ0n) is 25.3. The number of ether oxygens (including phenoxy) is 3. The lowest BCUT2D eigenvalue weighted by Crippen LogP contribution is -2.29. The number of phenols is 1. The summed E-state index contributed by atoms with van der Waals surface area (Å²) in [7, 11) is 3.32. The maximum absolute atomic E-state index is 15.2. The molecule has 1 unspecified atom stereocenters. The van der Waals surface area contributed by atoms with Gasteiger partial charge in [-0.25, -0.2) is 4.39 Å². The maximum atomic E-state index is 15.2. The molecule has 0 aromatic heterocycles. The van der Waals surface area contributed by atoms with E-state index in [1.807, 2.05) is 18.2 Å². The fourth-order valence-electron chi connectivity index (χ4n) is 6.48. The van der Waals surface area contributed by atoms with E-state index in [-0.39, 0.29) is 11.7 Å². The van der Waals surface area contributed by atoms with Crippen molar-refractivity contribution in [2.24, 2.45) is 0 Å². The number of rotatable bonds is 11. The largest absolute Gasteiger partial charge is 0.508 e. The number of aromatic hydroxyl groups is 1. The number of halogens is 1. The molecule has 0 spiro atoms. The minimum atomic E-state index is -0.320. The van der Waals surface area contributed by atoms with Crippen molar-refractivity contribution in [3.8, 4) is 23.0 Å². The standard InChI is InChI=1S/C35H45FN2O4/c1-4-38(24-25-9-14-33(31(36)19-25)42-18-17-37-15-7-5-6-8-16-37)32-23-35(41-3)34(40-2)22-30(32)28-11-10-27-21-29(39)13-12-26(27)20-28/h9,12-14,19,21-23,28,39H,4-8,10-11,15-18,20,24H2,1-3H3. The fourth-order valence-corrected chi connectivity index (χ4v) is 6.48. The first-order valence-electron chi connectivity index (χ1n) is 15.4. The molecule has 6 nitrogen and oxygen atoms in total. The fraction of sp³-hybridized carbons (Fsp3) is 0.486. The minimum absolute atomic E-state index is 0.280. The highest BCUT2D eigenvalue weighted by atomic mass is 19.1. The van der Waals surface area contributed by atoms with Crippen LogP contribution in [0.15, 0.2) is 48.5 Å². The number of phenolic OH excluding ortho intramolecular Hbond substituents is 1. The van der Waals surface area contributed by atoms with Crippen LogP contribution in [-0.4, -0.2) is 57.0 Å². The normalized spacial score (nSPS) is 17.3. The van der Waals surface area contributed by atoms with E-state index in [0.717, 1.165) is 56.7 Å². The Hall–Kier alpha value is -3.45. The van der Waals surface area contributed by atoms with Gasteiger partial charge in [0, 0.05) is 31.4 Å². The molecular weight excluding hydrogens is 531 g/mol. The summed E-state index contributed by atoms with van der Waals surface area (Å²) in [6.45, 7) is 6.96. The molecule has 3 aromatic rings. The molecule has 3 aromatic carbocycles.